The minimum absolute atomic E-state index is 0.0146. The zero-order valence-corrected chi connectivity index (χ0v) is 11.0. The molecular formula is C13H27NO. The molecule has 15 heavy (non-hydrogen) atoms. The van der Waals surface area contributed by atoms with Crippen molar-refractivity contribution in [1.29, 1.82) is 0 Å². The predicted molar refractivity (Wildman–Crippen MR) is 65.1 cm³/mol. The minimum atomic E-state index is 0.0146. The van der Waals surface area contributed by atoms with E-state index in [1.54, 1.807) is 0 Å². The topological polar surface area (TPSA) is 12.5 Å². The Bertz CT molecular complexity index is 185. The smallest absolute Gasteiger partial charge is 0.0598 e. The number of nitrogens with zero attached hydrogens (tertiary/aromatic N) is 1. The van der Waals surface area contributed by atoms with Crippen LogP contribution in [0.1, 0.15) is 40.5 Å². The van der Waals surface area contributed by atoms with Crippen molar-refractivity contribution in [2.75, 3.05) is 26.7 Å². The van der Waals surface area contributed by atoms with Crippen LogP contribution in [0.2, 0.25) is 0 Å². The summed E-state index contributed by atoms with van der Waals surface area (Å²) in [6, 6.07) is 0. The fourth-order valence-corrected chi connectivity index (χ4v) is 2.25. The Labute approximate surface area is 95.0 Å². The third-order valence-electron chi connectivity index (χ3n) is 3.03. The number of rotatable bonds is 4. The van der Waals surface area contributed by atoms with E-state index in [0.29, 0.717) is 5.92 Å². The van der Waals surface area contributed by atoms with Gasteiger partial charge in [-0.1, -0.05) is 6.92 Å². The van der Waals surface area contributed by atoms with Crippen molar-refractivity contribution >= 4 is 0 Å². The third kappa shape index (κ3) is 5.53. The molecule has 0 aromatic carbocycles. The highest BCUT2D eigenvalue weighted by molar-refractivity contribution is 4.75. The molecule has 2 atom stereocenters. The van der Waals surface area contributed by atoms with Crippen molar-refractivity contribution in [3.8, 4) is 0 Å². The summed E-state index contributed by atoms with van der Waals surface area (Å²) in [5, 5.41) is 0. The third-order valence-corrected chi connectivity index (χ3v) is 3.03. The van der Waals surface area contributed by atoms with Crippen LogP contribution in [0, 0.1) is 11.8 Å². The van der Waals surface area contributed by atoms with Gasteiger partial charge in [0, 0.05) is 13.2 Å². The summed E-state index contributed by atoms with van der Waals surface area (Å²) >= 11 is 0. The molecule has 1 fully saturated rings. The molecule has 0 amide bonds. The summed E-state index contributed by atoms with van der Waals surface area (Å²) in [7, 11) is 2.22. The highest BCUT2D eigenvalue weighted by Crippen LogP contribution is 2.23. The lowest BCUT2D eigenvalue weighted by Gasteiger charge is -2.23. The van der Waals surface area contributed by atoms with Crippen molar-refractivity contribution in [2.24, 2.45) is 11.8 Å². The summed E-state index contributed by atoms with van der Waals surface area (Å²) in [5.41, 5.74) is 0.0146. The van der Waals surface area contributed by atoms with Gasteiger partial charge in [0.25, 0.3) is 0 Å². The molecule has 2 heteroatoms. The first-order valence-corrected chi connectivity index (χ1v) is 6.19. The van der Waals surface area contributed by atoms with Gasteiger partial charge >= 0.3 is 0 Å². The summed E-state index contributed by atoms with van der Waals surface area (Å²) in [4.78, 5) is 2.43. The van der Waals surface area contributed by atoms with Gasteiger partial charge < -0.3 is 9.64 Å². The molecule has 1 aliphatic heterocycles. The van der Waals surface area contributed by atoms with Crippen LogP contribution < -0.4 is 0 Å². The second-order valence-electron chi connectivity index (χ2n) is 6.18. The van der Waals surface area contributed by atoms with E-state index in [-0.39, 0.29) is 5.60 Å². The van der Waals surface area contributed by atoms with E-state index in [4.69, 9.17) is 4.74 Å². The molecule has 0 aliphatic carbocycles. The fraction of sp³-hybridized carbons (Fsp3) is 1.00. The fourth-order valence-electron chi connectivity index (χ4n) is 2.25. The molecule has 0 aromatic rings. The van der Waals surface area contributed by atoms with Crippen LogP contribution in [0.15, 0.2) is 0 Å². The van der Waals surface area contributed by atoms with E-state index in [9.17, 15) is 0 Å². The van der Waals surface area contributed by atoms with Crippen molar-refractivity contribution in [2.45, 2.75) is 46.1 Å². The van der Waals surface area contributed by atoms with Crippen LogP contribution in [0.25, 0.3) is 0 Å². The summed E-state index contributed by atoms with van der Waals surface area (Å²) in [5.74, 6) is 1.59. The van der Waals surface area contributed by atoms with Gasteiger partial charge in [-0.2, -0.15) is 0 Å². The molecule has 1 rings (SSSR count). The zero-order chi connectivity index (χ0) is 11.5. The monoisotopic (exact) mass is 213 g/mol. The largest absolute Gasteiger partial charge is 0.376 e. The molecular weight excluding hydrogens is 186 g/mol. The van der Waals surface area contributed by atoms with Crippen molar-refractivity contribution in [1.82, 2.24) is 4.90 Å². The van der Waals surface area contributed by atoms with Gasteiger partial charge in [-0.15, -0.1) is 0 Å². The van der Waals surface area contributed by atoms with Crippen LogP contribution in [0.3, 0.4) is 0 Å². The van der Waals surface area contributed by atoms with Gasteiger partial charge in [0.2, 0.25) is 0 Å². The standard InChI is InChI=1S/C13H27NO/c1-11(10-15-13(2,3)4)8-12-6-7-14(5)9-12/h11-12H,6-10H2,1-5H3/t11-,12?/m0/s1. The molecule has 1 heterocycles. The summed E-state index contributed by atoms with van der Waals surface area (Å²) in [6.45, 7) is 12.2. The molecule has 0 radical (unpaired) electrons. The van der Waals surface area contributed by atoms with Crippen molar-refractivity contribution < 1.29 is 4.74 Å². The molecule has 0 N–H and O–H groups in total. The Hall–Kier alpha value is -0.0800. The highest BCUT2D eigenvalue weighted by atomic mass is 16.5. The Kier molecular flexibility index (Phi) is 4.60. The quantitative estimate of drug-likeness (QED) is 0.712. The van der Waals surface area contributed by atoms with Gasteiger partial charge in [0.1, 0.15) is 0 Å². The van der Waals surface area contributed by atoms with Gasteiger partial charge in [-0.05, 0) is 59.0 Å². The lowest BCUT2D eigenvalue weighted by Crippen LogP contribution is -2.24. The second kappa shape index (κ2) is 5.31. The van der Waals surface area contributed by atoms with Gasteiger partial charge in [0.15, 0.2) is 0 Å². The predicted octanol–water partition coefficient (Wildman–Crippen LogP) is 2.78. The Morgan fingerprint density at radius 3 is 2.53 bits per heavy atom. The van der Waals surface area contributed by atoms with Gasteiger partial charge in [-0.3, -0.25) is 0 Å². The van der Waals surface area contributed by atoms with E-state index in [2.05, 4.69) is 39.6 Å². The average molecular weight is 213 g/mol. The summed E-state index contributed by atoms with van der Waals surface area (Å²) in [6.07, 6.45) is 2.69. The van der Waals surface area contributed by atoms with Crippen molar-refractivity contribution in [3.05, 3.63) is 0 Å². The molecule has 1 aliphatic rings. The van der Waals surface area contributed by atoms with Crippen LogP contribution in [-0.4, -0.2) is 37.2 Å². The molecule has 1 unspecified atom stereocenters. The van der Waals surface area contributed by atoms with Gasteiger partial charge in [-0.25, -0.2) is 0 Å². The van der Waals surface area contributed by atoms with Crippen molar-refractivity contribution in [3.63, 3.8) is 0 Å². The SMILES string of the molecule is C[C@H](COC(C)(C)C)CC1CCN(C)C1. The maximum atomic E-state index is 5.81. The molecule has 0 saturated carbocycles. The number of ether oxygens (including phenoxy) is 1. The molecule has 1 saturated heterocycles. The molecule has 90 valence electrons. The number of hydrogen-bond donors (Lipinski definition) is 0. The first-order valence-electron chi connectivity index (χ1n) is 6.19. The molecule has 2 nitrogen and oxygen atoms in total. The van der Waals surface area contributed by atoms with Crippen LogP contribution >= 0.6 is 0 Å². The molecule has 0 spiro atoms. The zero-order valence-electron chi connectivity index (χ0n) is 11.0. The van der Waals surface area contributed by atoms with E-state index in [1.165, 1.54) is 25.9 Å². The number of likely N-dealkylation sites (tertiary alicyclic amines) is 1. The van der Waals surface area contributed by atoms with Crippen LogP contribution in [0.4, 0.5) is 0 Å². The summed E-state index contributed by atoms with van der Waals surface area (Å²) < 4.78 is 5.81. The maximum Gasteiger partial charge on any atom is 0.0598 e. The van der Waals surface area contributed by atoms with Gasteiger partial charge in [0.05, 0.1) is 5.60 Å². The van der Waals surface area contributed by atoms with E-state index in [0.717, 1.165) is 12.5 Å². The van der Waals surface area contributed by atoms with Crippen LogP contribution in [-0.2, 0) is 4.74 Å². The first-order chi connectivity index (χ1) is 6.87. The minimum Gasteiger partial charge on any atom is -0.376 e. The molecule has 0 bridgehead atoms. The van der Waals surface area contributed by atoms with Crippen LogP contribution in [0.5, 0.6) is 0 Å². The van der Waals surface area contributed by atoms with E-state index >= 15 is 0 Å². The Morgan fingerprint density at radius 2 is 2.07 bits per heavy atom. The molecule has 0 aromatic heterocycles. The second-order valence-corrected chi connectivity index (χ2v) is 6.18. The average Bonchev–Trinajstić information content (AvgIpc) is 2.47. The van der Waals surface area contributed by atoms with E-state index < -0.39 is 0 Å². The highest BCUT2D eigenvalue weighted by Gasteiger charge is 2.22. The lowest BCUT2D eigenvalue weighted by atomic mass is 9.95. The maximum absolute atomic E-state index is 5.81. The first kappa shape index (κ1) is 13.0. The normalized spacial score (nSPS) is 25.8. The Balaban J connectivity index is 2.16. The van der Waals surface area contributed by atoms with E-state index in [1.807, 2.05) is 0 Å². The lowest BCUT2D eigenvalue weighted by molar-refractivity contribution is -0.0226. The number of hydrogen-bond acceptors (Lipinski definition) is 2. The Morgan fingerprint density at radius 1 is 1.40 bits per heavy atom.